The van der Waals surface area contributed by atoms with Gasteiger partial charge in [-0.15, -0.1) is 11.6 Å². The molecule has 3 nitrogen and oxygen atoms in total. The Hall–Kier alpha value is -1.61. The van der Waals surface area contributed by atoms with Crippen molar-refractivity contribution >= 4 is 28.3 Å². The molecule has 0 saturated carbocycles. The van der Waals surface area contributed by atoms with Crippen molar-refractivity contribution < 1.29 is 9.53 Å². The van der Waals surface area contributed by atoms with Crippen LogP contribution < -0.4 is 4.74 Å². The molecular weight excluding hydrogens is 250 g/mol. The van der Waals surface area contributed by atoms with Gasteiger partial charge in [-0.05, 0) is 32.0 Å². The Labute approximate surface area is 111 Å². The van der Waals surface area contributed by atoms with Crippen LogP contribution in [0.2, 0.25) is 0 Å². The molecule has 4 heteroatoms. The van der Waals surface area contributed by atoms with E-state index in [1.165, 1.54) is 0 Å². The summed E-state index contributed by atoms with van der Waals surface area (Å²) in [6.45, 7) is 4.14. The van der Waals surface area contributed by atoms with E-state index < -0.39 is 5.38 Å². The first-order valence-electron chi connectivity index (χ1n) is 5.84. The van der Waals surface area contributed by atoms with E-state index >= 15 is 0 Å². The van der Waals surface area contributed by atoms with Gasteiger partial charge in [-0.3, -0.25) is 9.78 Å². The maximum absolute atomic E-state index is 12.0. The lowest BCUT2D eigenvalue weighted by Gasteiger charge is -2.10. The number of ether oxygens (including phenoxy) is 1. The Morgan fingerprint density at radius 3 is 2.89 bits per heavy atom. The Bertz CT molecular complexity index is 581. The summed E-state index contributed by atoms with van der Waals surface area (Å²) in [5.41, 5.74) is 1.28. The van der Waals surface area contributed by atoms with Crippen molar-refractivity contribution in [2.24, 2.45) is 0 Å². The highest BCUT2D eigenvalue weighted by molar-refractivity contribution is 6.35. The number of rotatable bonds is 4. The average molecular weight is 264 g/mol. The summed E-state index contributed by atoms with van der Waals surface area (Å²) in [5, 5.41) is 0.229. The summed E-state index contributed by atoms with van der Waals surface area (Å²) in [6, 6.07) is 7.17. The predicted octanol–water partition coefficient (Wildman–Crippen LogP) is 3.44. The van der Waals surface area contributed by atoms with E-state index in [4.69, 9.17) is 16.3 Å². The van der Waals surface area contributed by atoms with Crippen LogP contribution in [0.1, 0.15) is 24.2 Å². The van der Waals surface area contributed by atoms with Crippen molar-refractivity contribution in [3.63, 3.8) is 0 Å². The number of hydrogen-bond donors (Lipinski definition) is 0. The van der Waals surface area contributed by atoms with Crippen LogP contribution in [0.25, 0.3) is 10.9 Å². The molecule has 1 aromatic carbocycles. The number of Topliss-reactive ketones (excluding diaryl/α,β-unsaturated/α-hetero) is 1. The first-order valence-corrected chi connectivity index (χ1v) is 6.27. The van der Waals surface area contributed by atoms with Gasteiger partial charge in [0.2, 0.25) is 0 Å². The fourth-order valence-corrected chi connectivity index (χ4v) is 1.97. The molecule has 2 aromatic rings. The van der Waals surface area contributed by atoms with Gasteiger partial charge in [-0.1, -0.05) is 6.07 Å². The van der Waals surface area contributed by atoms with Gasteiger partial charge >= 0.3 is 0 Å². The number of carbonyl (C=O) groups is 1. The highest BCUT2D eigenvalue weighted by Crippen LogP contribution is 2.28. The van der Waals surface area contributed by atoms with E-state index in [1.807, 2.05) is 13.0 Å². The number of aromatic nitrogens is 1. The molecule has 1 atom stereocenters. The number of pyridine rings is 1. The molecule has 18 heavy (non-hydrogen) atoms. The Morgan fingerprint density at radius 2 is 2.22 bits per heavy atom. The first-order chi connectivity index (χ1) is 8.65. The summed E-state index contributed by atoms with van der Waals surface area (Å²) >= 11 is 5.86. The second-order valence-electron chi connectivity index (χ2n) is 3.92. The van der Waals surface area contributed by atoms with Crippen LogP contribution in [-0.4, -0.2) is 22.8 Å². The number of benzene rings is 1. The van der Waals surface area contributed by atoms with Gasteiger partial charge in [0, 0.05) is 17.1 Å². The monoisotopic (exact) mass is 263 g/mol. The van der Waals surface area contributed by atoms with Gasteiger partial charge in [0.25, 0.3) is 0 Å². The van der Waals surface area contributed by atoms with Crippen LogP contribution in [0.5, 0.6) is 5.75 Å². The second kappa shape index (κ2) is 5.36. The molecule has 0 fully saturated rings. The minimum atomic E-state index is -0.550. The van der Waals surface area contributed by atoms with E-state index in [0.29, 0.717) is 23.4 Å². The van der Waals surface area contributed by atoms with Crippen molar-refractivity contribution in [2.45, 2.75) is 19.2 Å². The number of carbonyl (C=O) groups excluding carboxylic acids is 1. The molecule has 0 N–H and O–H groups in total. The minimum Gasteiger partial charge on any atom is -0.492 e. The number of hydrogen-bond acceptors (Lipinski definition) is 3. The van der Waals surface area contributed by atoms with Crippen molar-refractivity contribution in [1.82, 2.24) is 4.98 Å². The molecule has 0 aliphatic carbocycles. The fraction of sp³-hybridized carbons (Fsp3) is 0.286. The minimum absolute atomic E-state index is 0.0993. The predicted molar refractivity (Wildman–Crippen MR) is 72.6 cm³/mol. The molecular formula is C14H14ClNO2. The third-order valence-corrected chi connectivity index (χ3v) is 2.86. The molecule has 0 saturated heterocycles. The number of fused-ring (bicyclic) bond motifs is 1. The van der Waals surface area contributed by atoms with Gasteiger partial charge in [-0.2, -0.15) is 0 Å². The lowest BCUT2D eigenvalue weighted by atomic mass is 10.0. The topological polar surface area (TPSA) is 39.2 Å². The zero-order valence-corrected chi connectivity index (χ0v) is 11.1. The lowest BCUT2D eigenvalue weighted by Crippen LogP contribution is -2.11. The average Bonchev–Trinajstić information content (AvgIpc) is 2.38. The quantitative estimate of drug-likeness (QED) is 0.627. The summed E-state index contributed by atoms with van der Waals surface area (Å²) in [4.78, 5) is 16.3. The van der Waals surface area contributed by atoms with E-state index in [1.54, 1.807) is 31.3 Å². The van der Waals surface area contributed by atoms with Crippen LogP contribution in [0, 0.1) is 0 Å². The Kier molecular flexibility index (Phi) is 3.82. The molecule has 0 aliphatic heterocycles. The van der Waals surface area contributed by atoms with Crippen molar-refractivity contribution in [3.8, 4) is 5.75 Å². The highest BCUT2D eigenvalue weighted by atomic mass is 35.5. The SMILES string of the molecule is CCOc1ccc(C(=O)C(C)Cl)c2cccnc12. The van der Waals surface area contributed by atoms with Crippen molar-refractivity contribution in [1.29, 1.82) is 0 Å². The standard InChI is InChI=1S/C14H14ClNO2/c1-3-18-12-7-6-11(14(17)9(2)15)10-5-4-8-16-13(10)12/h4-9H,3H2,1-2H3. The largest absolute Gasteiger partial charge is 0.492 e. The van der Waals surface area contributed by atoms with Crippen LogP contribution in [-0.2, 0) is 0 Å². The number of ketones is 1. The molecule has 0 radical (unpaired) electrons. The molecule has 1 heterocycles. The highest BCUT2D eigenvalue weighted by Gasteiger charge is 2.17. The molecule has 0 bridgehead atoms. The zero-order valence-electron chi connectivity index (χ0n) is 10.3. The summed E-state index contributed by atoms with van der Waals surface area (Å²) in [7, 11) is 0. The number of nitrogens with zero attached hydrogens (tertiary/aromatic N) is 1. The molecule has 0 aliphatic rings. The number of alkyl halides is 1. The smallest absolute Gasteiger partial charge is 0.181 e. The zero-order chi connectivity index (χ0) is 13.1. The molecule has 1 aromatic heterocycles. The molecule has 2 rings (SSSR count). The normalized spacial score (nSPS) is 12.4. The molecule has 94 valence electrons. The van der Waals surface area contributed by atoms with Crippen LogP contribution in [0.4, 0.5) is 0 Å². The van der Waals surface area contributed by atoms with E-state index in [-0.39, 0.29) is 5.78 Å². The van der Waals surface area contributed by atoms with E-state index in [9.17, 15) is 4.79 Å². The second-order valence-corrected chi connectivity index (χ2v) is 4.58. The van der Waals surface area contributed by atoms with Crippen molar-refractivity contribution in [3.05, 3.63) is 36.0 Å². The third kappa shape index (κ3) is 2.31. The summed E-state index contributed by atoms with van der Waals surface area (Å²) in [6.07, 6.45) is 1.68. The van der Waals surface area contributed by atoms with E-state index in [2.05, 4.69) is 4.98 Å². The van der Waals surface area contributed by atoms with E-state index in [0.717, 1.165) is 5.39 Å². The molecule has 1 unspecified atom stereocenters. The molecule has 0 amide bonds. The van der Waals surface area contributed by atoms with Crippen LogP contribution in [0.3, 0.4) is 0 Å². The maximum atomic E-state index is 12.0. The molecule has 0 spiro atoms. The van der Waals surface area contributed by atoms with Gasteiger partial charge in [0.15, 0.2) is 5.78 Å². The first kappa shape index (κ1) is 12.8. The van der Waals surface area contributed by atoms with Gasteiger partial charge in [0.05, 0.1) is 12.0 Å². The Morgan fingerprint density at radius 1 is 1.44 bits per heavy atom. The van der Waals surface area contributed by atoms with Crippen LogP contribution in [0.15, 0.2) is 30.5 Å². The summed E-state index contributed by atoms with van der Waals surface area (Å²) in [5.74, 6) is 0.588. The third-order valence-electron chi connectivity index (χ3n) is 2.66. The maximum Gasteiger partial charge on any atom is 0.181 e. The fourth-order valence-electron chi connectivity index (χ4n) is 1.85. The number of halogens is 1. The van der Waals surface area contributed by atoms with Gasteiger partial charge in [-0.25, -0.2) is 0 Å². The van der Waals surface area contributed by atoms with Gasteiger partial charge in [0.1, 0.15) is 11.3 Å². The summed E-state index contributed by atoms with van der Waals surface area (Å²) < 4.78 is 5.51. The Balaban J connectivity index is 2.64. The van der Waals surface area contributed by atoms with Crippen molar-refractivity contribution in [2.75, 3.05) is 6.61 Å². The lowest BCUT2D eigenvalue weighted by molar-refractivity contribution is 0.0993. The van der Waals surface area contributed by atoms with Crippen LogP contribution >= 0.6 is 11.6 Å². The van der Waals surface area contributed by atoms with Gasteiger partial charge < -0.3 is 4.74 Å².